The summed E-state index contributed by atoms with van der Waals surface area (Å²) in [7, 11) is 0. The molecule has 4 N–H and O–H groups in total. The molecule has 7 heteroatoms. The quantitative estimate of drug-likeness (QED) is 0.622. The third kappa shape index (κ3) is 5.79. The smallest absolute Gasteiger partial charge is 0.326 e. The van der Waals surface area contributed by atoms with Gasteiger partial charge in [0.05, 0.1) is 6.04 Å². The number of nitrogens with zero attached hydrogens (tertiary/aromatic N) is 1. The van der Waals surface area contributed by atoms with E-state index in [9.17, 15) is 19.5 Å². The highest BCUT2D eigenvalue weighted by atomic mass is 16.4. The van der Waals surface area contributed by atoms with Crippen LogP contribution in [-0.2, 0) is 20.8 Å². The summed E-state index contributed by atoms with van der Waals surface area (Å²) < 4.78 is 0. The summed E-state index contributed by atoms with van der Waals surface area (Å²) in [6, 6.07) is 7.74. The molecule has 0 radical (unpaired) electrons. The molecule has 0 bridgehead atoms. The van der Waals surface area contributed by atoms with Crippen molar-refractivity contribution in [2.75, 3.05) is 13.1 Å². The van der Waals surface area contributed by atoms with Gasteiger partial charge in [0.25, 0.3) is 0 Å². The molecule has 1 heterocycles. The van der Waals surface area contributed by atoms with Gasteiger partial charge < -0.3 is 21.1 Å². The van der Waals surface area contributed by atoms with Crippen molar-refractivity contribution in [1.82, 2.24) is 10.2 Å². The fourth-order valence-electron chi connectivity index (χ4n) is 3.41. The summed E-state index contributed by atoms with van der Waals surface area (Å²) in [6.45, 7) is 4.90. The van der Waals surface area contributed by atoms with Crippen molar-refractivity contribution in [1.29, 1.82) is 0 Å². The first kappa shape index (κ1) is 21.9. The molecule has 0 saturated carbocycles. The second kappa shape index (κ2) is 10.2. The van der Waals surface area contributed by atoms with E-state index in [1.165, 1.54) is 0 Å². The standard InChI is InChI=1S/C21H31N3O4/c1-3-14(2)18(22)20(26)24-11-9-16(10-12-24)19(25)23-17(21(27)28)13-15-7-5-4-6-8-15/h4-8,14,16-18H,3,9-13,22H2,1-2H3,(H,23,25)(H,27,28)/t14-,17+,18+/m1/s1. The van der Waals surface area contributed by atoms with Gasteiger partial charge in [0.2, 0.25) is 11.8 Å². The van der Waals surface area contributed by atoms with Gasteiger partial charge in [-0.1, -0.05) is 50.6 Å². The summed E-state index contributed by atoms with van der Waals surface area (Å²) >= 11 is 0. The molecule has 7 nitrogen and oxygen atoms in total. The number of likely N-dealkylation sites (tertiary alicyclic amines) is 1. The van der Waals surface area contributed by atoms with Crippen LogP contribution in [0.5, 0.6) is 0 Å². The summed E-state index contributed by atoms with van der Waals surface area (Å²) in [5.74, 6) is -1.56. The molecule has 2 rings (SSSR count). The molecule has 1 saturated heterocycles. The van der Waals surface area contributed by atoms with Crippen LogP contribution in [0.4, 0.5) is 0 Å². The molecule has 1 aliphatic heterocycles. The van der Waals surface area contributed by atoms with Crippen LogP contribution in [0, 0.1) is 11.8 Å². The van der Waals surface area contributed by atoms with Crippen LogP contribution in [0.25, 0.3) is 0 Å². The molecule has 28 heavy (non-hydrogen) atoms. The van der Waals surface area contributed by atoms with Crippen LogP contribution in [0.2, 0.25) is 0 Å². The Kier molecular flexibility index (Phi) is 7.99. The molecule has 0 aromatic heterocycles. The van der Waals surface area contributed by atoms with E-state index in [4.69, 9.17) is 5.73 Å². The Morgan fingerprint density at radius 3 is 2.36 bits per heavy atom. The molecule has 1 aliphatic rings. The zero-order chi connectivity index (χ0) is 20.7. The van der Waals surface area contributed by atoms with E-state index in [0.717, 1.165) is 12.0 Å². The average molecular weight is 389 g/mol. The monoisotopic (exact) mass is 389 g/mol. The maximum absolute atomic E-state index is 12.6. The van der Waals surface area contributed by atoms with Crippen LogP contribution in [-0.4, -0.2) is 53.0 Å². The fraction of sp³-hybridized carbons (Fsp3) is 0.571. The number of amides is 2. The predicted molar refractivity (Wildman–Crippen MR) is 106 cm³/mol. The molecule has 1 aromatic carbocycles. The van der Waals surface area contributed by atoms with Gasteiger partial charge >= 0.3 is 5.97 Å². The maximum Gasteiger partial charge on any atom is 0.326 e. The molecule has 1 fully saturated rings. The van der Waals surface area contributed by atoms with Crippen molar-refractivity contribution >= 4 is 17.8 Å². The molecule has 0 unspecified atom stereocenters. The number of rotatable bonds is 8. The number of aliphatic carboxylic acids is 1. The molecular formula is C21H31N3O4. The normalized spacial score (nSPS) is 18.2. The predicted octanol–water partition coefficient (Wildman–Crippen LogP) is 1.41. The fourth-order valence-corrected chi connectivity index (χ4v) is 3.41. The lowest BCUT2D eigenvalue weighted by Crippen LogP contribution is -2.52. The number of nitrogens with one attached hydrogen (secondary N) is 1. The number of benzene rings is 1. The summed E-state index contributed by atoms with van der Waals surface area (Å²) in [5.41, 5.74) is 6.89. The van der Waals surface area contributed by atoms with Crippen LogP contribution in [0.1, 0.15) is 38.7 Å². The Hall–Kier alpha value is -2.41. The van der Waals surface area contributed by atoms with Gasteiger partial charge in [-0.2, -0.15) is 0 Å². The highest BCUT2D eigenvalue weighted by Gasteiger charge is 2.32. The third-order valence-electron chi connectivity index (χ3n) is 5.62. The van der Waals surface area contributed by atoms with Crippen molar-refractivity contribution in [2.24, 2.45) is 17.6 Å². The Bertz CT molecular complexity index is 671. The third-order valence-corrected chi connectivity index (χ3v) is 5.62. The van der Waals surface area contributed by atoms with Gasteiger partial charge in [-0.05, 0) is 24.3 Å². The maximum atomic E-state index is 12.6. The topological polar surface area (TPSA) is 113 Å². The number of hydrogen-bond acceptors (Lipinski definition) is 4. The minimum atomic E-state index is -1.05. The first-order chi connectivity index (χ1) is 13.3. The van der Waals surface area contributed by atoms with Crippen LogP contribution in [0.15, 0.2) is 30.3 Å². The first-order valence-corrected chi connectivity index (χ1v) is 9.95. The minimum Gasteiger partial charge on any atom is -0.480 e. The minimum absolute atomic E-state index is 0.0688. The number of piperidine rings is 1. The average Bonchev–Trinajstić information content (AvgIpc) is 2.72. The van der Waals surface area contributed by atoms with Crippen molar-refractivity contribution < 1.29 is 19.5 Å². The molecule has 0 spiro atoms. The largest absolute Gasteiger partial charge is 0.480 e. The lowest BCUT2D eigenvalue weighted by molar-refractivity contribution is -0.143. The zero-order valence-corrected chi connectivity index (χ0v) is 16.6. The Labute approximate surface area is 166 Å². The zero-order valence-electron chi connectivity index (χ0n) is 16.6. The summed E-state index contributed by atoms with van der Waals surface area (Å²) in [4.78, 5) is 38.3. The molecule has 0 aliphatic carbocycles. The highest BCUT2D eigenvalue weighted by molar-refractivity contribution is 5.86. The molecule has 154 valence electrons. The van der Waals surface area contributed by atoms with E-state index in [0.29, 0.717) is 25.9 Å². The van der Waals surface area contributed by atoms with E-state index in [1.54, 1.807) is 4.90 Å². The van der Waals surface area contributed by atoms with Crippen molar-refractivity contribution in [3.8, 4) is 0 Å². The molecule has 2 amide bonds. The van der Waals surface area contributed by atoms with Crippen LogP contribution >= 0.6 is 0 Å². The summed E-state index contributed by atoms with van der Waals surface area (Å²) in [5, 5.41) is 12.1. The van der Waals surface area contributed by atoms with Crippen molar-refractivity contribution in [3.63, 3.8) is 0 Å². The van der Waals surface area contributed by atoms with Crippen LogP contribution < -0.4 is 11.1 Å². The van der Waals surface area contributed by atoms with Gasteiger partial charge in [-0.15, -0.1) is 0 Å². The van der Waals surface area contributed by atoms with E-state index in [-0.39, 0.29) is 30.1 Å². The van der Waals surface area contributed by atoms with E-state index in [1.807, 2.05) is 44.2 Å². The molecule has 1 aromatic rings. The van der Waals surface area contributed by atoms with E-state index in [2.05, 4.69) is 5.32 Å². The number of carbonyl (C=O) groups excluding carboxylic acids is 2. The SMILES string of the molecule is CC[C@@H](C)[C@H](N)C(=O)N1CCC(C(=O)N[C@@H](Cc2ccccc2)C(=O)O)CC1. The van der Waals surface area contributed by atoms with Gasteiger partial charge in [-0.3, -0.25) is 9.59 Å². The molecule has 3 atom stereocenters. The second-order valence-electron chi connectivity index (χ2n) is 7.60. The van der Waals surface area contributed by atoms with Crippen molar-refractivity contribution in [2.45, 2.75) is 51.6 Å². The van der Waals surface area contributed by atoms with Gasteiger partial charge in [0.1, 0.15) is 6.04 Å². The number of nitrogens with two attached hydrogens (primary N) is 1. The number of carboxylic acids is 1. The summed E-state index contributed by atoms with van der Waals surface area (Å²) in [6.07, 6.45) is 2.11. The Morgan fingerprint density at radius 1 is 1.21 bits per heavy atom. The number of carboxylic acid groups (broad SMARTS) is 1. The van der Waals surface area contributed by atoms with Crippen LogP contribution in [0.3, 0.4) is 0 Å². The van der Waals surface area contributed by atoms with Gasteiger partial charge in [0, 0.05) is 25.4 Å². The lowest BCUT2D eigenvalue weighted by Gasteiger charge is -2.34. The molecular weight excluding hydrogens is 358 g/mol. The Balaban J connectivity index is 1.88. The van der Waals surface area contributed by atoms with Gasteiger partial charge in [-0.25, -0.2) is 4.79 Å². The second-order valence-corrected chi connectivity index (χ2v) is 7.60. The van der Waals surface area contributed by atoms with Gasteiger partial charge in [0.15, 0.2) is 0 Å². The highest BCUT2D eigenvalue weighted by Crippen LogP contribution is 2.20. The van der Waals surface area contributed by atoms with E-state index < -0.39 is 18.1 Å². The Morgan fingerprint density at radius 2 is 1.82 bits per heavy atom. The number of hydrogen-bond donors (Lipinski definition) is 3. The van der Waals surface area contributed by atoms with E-state index >= 15 is 0 Å². The first-order valence-electron chi connectivity index (χ1n) is 9.95. The van der Waals surface area contributed by atoms with Crippen molar-refractivity contribution in [3.05, 3.63) is 35.9 Å². The number of carbonyl (C=O) groups is 3. The lowest BCUT2D eigenvalue weighted by atomic mass is 9.93.